The highest BCUT2D eigenvalue weighted by atomic mass is 79.9. The van der Waals surface area contributed by atoms with Crippen molar-refractivity contribution in [1.82, 2.24) is 15.5 Å². The minimum atomic E-state index is -0.190. The lowest BCUT2D eigenvalue weighted by Crippen LogP contribution is -2.23. The van der Waals surface area contributed by atoms with Crippen molar-refractivity contribution in [3.05, 3.63) is 70.3 Å². The average molecular weight is 386 g/mol. The first kappa shape index (κ1) is 16.3. The van der Waals surface area contributed by atoms with Crippen LogP contribution in [-0.4, -0.2) is 23.2 Å². The molecule has 0 aliphatic rings. The van der Waals surface area contributed by atoms with Crippen molar-refractivity contribution < 1.29 is 9.53 Å². The van der Waals surface area contributed by atoms with Crippen LogP contribution in [0.2, 0.25) is 0 Å². The number of aromatic amines is 1. The SMILES string of the molecule is COc1ccc(-c2cc(C(=O)NCc3ccc(Br)cc3)[nH]n2)cc1. The number of ether oxygens (including phenoxy) is 1. The first-order valence-electron chi connectivity index (χ1n) is 7.38. The third-order valence-electron chi connectivity index (χ3n) is 3.57. The van der Waals surface area contributed by atoms with E-state index >= 15 is 0 Å². The molecule has 1 heterocycles. The fourth-order valence-corrected chi connectivity index (χ4v) is 2.49. The number of rotatable bonds is 5. The van der Waals surface area contributed by atoms with Gasteiger partial charge in [0, 0.05) is 16.6 Å². The van der Waals surface area contributed by atoms with Crippen molar-refractivity contribution >= 4 is 21.8 Å². The van der Waals surface area contributed by atoms with Crippen molar-refractivity contribution in [2.75, 3.05) is 7.11 Å². The van der Waals surface area contributed by atoms with Crippen LogP contribution < -0.4 is 10.1 Å². The molecule has 24 heavy (non-hydrogen) atoms. The van der Waals surface area contributed by atoms with Crippen molar-refractivity contribution in [3.8, 4) is 17.0 Å². The smallest absolute Gasteiger partial charge is 0.269 e. The van der Waals surface area contributed by atoms with Gasteiger partial charge in [0.15, 0.2) is 0 Å². The van der Waals surface area contributed by atoms with Crippen LogP contribution in [0.1, 0.15) is 16.1 Å². The lowest BCUT2D eigenvalue weighted by atomic mass is 10.1. The number of carbonyl (C=O) groups is 1. The van der Waals surface area contributed by atoms with E-state index in [4.69, 9.17) is 4.74 Å². The maximum absolute atomic E-state index is 12.2. The highest BCUT2D eigenvalue weighted by molar-refractivity contribution is 9.10. The first-order valence-corrected chi connectivity index (χ1v) is 8.17. The van der Waals surface area contributed by atoms with Crippen LogP contribution in [0.15, 0.2) is 59.1 Å². The molecule has 0 saturated carbocycles. The summed E-state index contributed by atoms with van der Waals surface area (Å²) in [5.41, 5.74) is 3.09. The van der Waals surface area contributed by atoms with E-state index in [0.717, 1.165) is 21.3 Å². The van der Waals surface area contributed by atoms with Crippen molar-refractivity contribution in [2.45, 2.75) is 6.54 Å². The molecule has 0 unspecified atom stereocenters. The summed E-state index contributed by atoms with van der Waals surface area (Å²) in [6.45, 7) is 0.461. The Bertz CT molecular complexity index is 826. The molecule has 0 bridgehead atoms. The number of hydrogen-bond donors (Lipinski definition) is 2. The Balaban J connectivity index is 1.65. The fourth-order valence-electron chi connectivity index (χ4n) is 2.23. The van der Waals surface area contributed by atoms with Gasteiger partial charge in [-0.25, -0.2) is 0 Å². The van der Waals surface area contributed by atoms with E-state index in [1.54, 1.807) is 13.2 Å². The predicted molar refractivity (Wildman–Crippen MR) is 95.9 cm³/mol. The van der Waals surface area contributed by atoms with Crippen molar-refractivity contribution in [2.24, 2.45) is 0 Å². The third-order valence-corrected chi connectivity index (χ3v) is 4.10. The van der Waals surface area contributed by atoms with E-state index in [1.807, 2.05) is 48.5 Å². The van der Waals surface area contributed by atoms with Gasteiger partial charge in [-0.05, 0) is 48.0 Å². The predicted octanol–water partition coefficient (Wildman–Crippen LogP) is 3.78. The summed E-state index contributed by atoms with van der Waals surface area (Å²) < 4.78 is 6.14. The van der Waals surface area contributed by atoms with Gasteiger partial charge in [0.1, 0.15) is 11.4 Å². The molecule has 1 amide bonds. The number of amides is 1. The molecular formula is C18H16BrN3O2. The van der Waals surface area contributed by atoms with Crippen molar-refractivity contribution in [3.63, 3.8) is 0 Å². The van der Waals surface area contributed by atoms with Gasteiger partial charge < -0.3 is 10.1 Å². The lowest BCUT2D eigenvalue weighted by Gasteiger charge is -2.03. The highest BCUT2D eigenvalue weighted by Crippen LogP contribution is 2.21. The number of nitrogens with one attached hydrogen (secondary N) is 2. The minimum absolute atomic E-state index is 0.190. The monoisotopic (exact) mass is 385 g/mol. The Kier molecular flexibility index (Phi) is 4.96. The van der Waals surface area contributed by atoms with Crippen LogP contribution in [0.3, 0.4) is 0 Å². The van der Waals surface area contributed by atoms with Crippen LogP contribution in [0, 0.1) is 0 Å². The zero-order chi connectivity index (χ0) is 16.9. The van der Waals surface area contributed by atoms with Gasteiger partial charge in [0.25, 0.3) is 5.91 Å². The average Bonchev–Trinajstić information content (AvgIpc) is 3.11. The molecule has 0 aliphatic carbocycles. The summed E-state index contributed by atoms with van der Waals surface area (Å²) in [6, 6.07) is 17.1. The molecule has 0 aliphatic heterocycles. The number of H-pyrrole nitrogens is 1. The molecule has 6 heteroatoms. The molecule has 5 nitrogen and oxygen atoms in total. The zero-order valence-electron chi connectivity index (χ0n) is 13.0. The Morgan fingerprint density at radius 2 is 1.88 bits per heavy atom. The van der Waals surface area contributed by atoms with Gasteiger partial charge in [-0.2, -0.15) is 5.10 Å². The molecule has 2 aromatic carbocycles. The van der Waals surface area contributed by atoms with E-state index < -0.39 is 0 Å². The molecule has 0 fully saturated rings. The summed E-state index contributed by atoms with van der Waals surface area (Å²) in [4.78, 5) is 12.2. The molecule has 3 aromatic rings. The number of methoxy groups -OCH3 is 1. The molecule has 0 spiro atoms. The zero-order valence-corrected chi connectivity index (χ0v) is 14.6. The van der Waals surface area contributed by atoms with Gasteiger partial charge in [0.05, 0.1) is 12.8 Å². The van der Waals surface area contributed by atoms with E-state index in [-0.39, 0.29) is 5.91 Å². The van der Waals surface area contributed by atoms with E-state index in [1.165, 1.54) is 0 Å². The Morgan fingerprint density at radius 3 is 2.54 bits per heavy atom. The summed E-state index contributed by atoms with van der Waals surface area (Å²) in [5.74, 6) is 0.590. The molecule has 122 valence electrons. The van der Waals surface area contributed by atoms with Gasteiger partial charge in [-0.3, -0.25) is 9.89 Å². The molecule has 2 N–H and O–H groups in total. The Labute approximate surface area is 148 Å². The summed E-state index contributed by atoms with van der Waals surface area (Å²) >= 11 is 3.39. The fraction of sp³-hybridized carbons (Fsp3) is 0.111. The quantitative estimate of drug-likeness (QED) is 0.702. The van der Waals surface area contributed by atoms with E-state index in [9.17, 15) is 4.79 Å². The molecule has 0 saturated heterocycles. The normalized spacial score (nSPS) is 10.4. The first-order chi connectivity index (χ1) is 11.7. The van der Waals surface area contributed by atoms with Gasteiger partial charge in [-0.1, -0.05) is 28.1 Å². The molecule has 0 atom stereocenters. The summed E-state index contributed by atoms with van der Waals surface area (Å²) in [6.07, 6.45) is 0. The van der Waals surface area contributed by atoms with Gasteiger partial charge in [-0.15, -0.1) is 0 Å². The van der Waals surface area contributed by atoms with Gasteiger partial charge >= 0.3 is 0 Å². The second kappa shape index (κ2) is 7.31. The Morgan fingerprint density at radius 1 is 1.17 bits per heavy atom. The number of aromatic nitrogens is 2. The minimum Gasteiger partial charge on any atom is -0.497 e. The van der Waals surface area contributed by atoms with Crippen LogP contribution in [0.5, 0.6) is 5.75 Å². The number of nitrogens with zero attached hydrogens (tertiary/aromatic N) is 1. The molecular weight excluding hydrogens is 370 g/mol. The van der Waals surface area contributed by atoms with Crippen LogP contribution in [-0.2, 0) is 6.54 Å². The van der Waals surface area contributed by atoms with Crippen molar-refractivity contribution in [1.29, 1.82) is 0 Å². The van der Waals surface area contributed by atoms with Crippen LogP contribution in [0.4, 0.5) is 0 Å². The van der Waals surface area contributed by atoms with Crippen LogP contribution in [0.25, 0.3) is 11.3 Å². The van der Waals surface area contributed by atoms with E-state index in [0.29, 0.717) is 17.9 Å². The number of benzene rings is 2. The summed E-state index contributed by atoms with van der Waals surface area (Å²) in [5, 5.41) is 9.85. The summed E-state index contributed by atoms with van der Waals surface area (Å²) in [7, 11) is 1.62. The second-order valence-electron chi connectivity index (χ2n) is 5.20. The number of hydrogen-bond acceptors (Lipinski definition) is 3. The molecule has 3 rings (SSSR count). The van der Waals surface area contributed by atoms with Crippen LogP contribution >= 0.6 is 15.9 Å². The van der Waals surface area contributed by atoms with Gasteiger partial charge in [0.2, 0.25) is 0 Å². The lowest BCUT2D eigenvalue weighted by molar-refractivity contribution is 0.0946. The topological polar surface area (TPSA) is 67.0 Å². The molecule has 1 aromatic heterocycles. The largest absolute Gasteiger partial charge is 0.497 e. The maximum Gasteiger partial charge on any atom is 0.269 e. The highest BCUT2D eigenvalue weighted by Gasteiger charge is 2.11. The third kappa shape index (κ3) is 3.83. The molecule has 0 radical (unpaired) electrons. The second-order valence-corrected chi connectivity index (χ2v) is 6.12. The standard InChI is InChI=1S/C18H16BrN3O2/c1-24-15-8-4-13(5-9-15)16-10-17(22-21-16)18(23)20-11-12-2-6-14(19)7-3-12/h2-10H,11H2,1H3,(H,20,23)(H,21,22). The Hall–Kier alpha value is -2.60. The number of halogens is 1. The number of carbonyl (C=O) groups excluding carboxylic acids is 1. The van der Waals surface area contributed by atoms with E-state index in [2.05, 4.69) is 31.4 Å². The maximum atomic E-state index is 12.2.